The fourth-order valence-corrected chi connectivity index (χ4v) is 1.78. The van der Waals surface area contributed by atoms with Gasteiger partial charge >= 0.3 is 0 Å². The largest absolute Gasteiger partial charge is 0.115 e. The van der Waals surface area contributed by atoms with Crippen LogP contribution in [0, 0.1) is 19.3 Å². The van der Waals surface area contributed by atoms with E-state index in [9.17, 15) is 0 Å². The molecule has 0 aliphatic rings. The van der Waals surface area contributed by atoms with Gasteiger partial charge in [-0.1, -0.05) is 30.3 Å². The molecule has 0 radical (unpaired) electrons. The van der Waals surface area contributed by atoms with E-state index in [4.69, 9.17) is 6.42 Å². The molecule has 0 saturated carbocycles. The lowest BCUT2D eigenvalue weighted by Gasteiger charge is -2.04. The molecule has 0 N–H and O–H groups in total. The highest BCUT2D eigenvalue weighted by Gasteiger charge is 1.99. The Morgan fingerprint density at radius 3 is 2.77 bits per heavy atom. The van der Waals surface area contributed by atoms with Crippen LogP contribution in [0.3, 0.4) is 0 Å². The first-order valence-corrected chi connectivity index (χ1v) is 4.86. The normalized spacial score (nSPS) is 9.31. The lowest BCUT2D eigenvalue weighted by atomic mass is 10.2. The van der Waals surface area contributed by atoms with Crippen molar-refractivity contribution in [3.63, 3.8) is 0 Å². The van der Waals surface area contributed by atoms with Crippen LogP contribution in [0.4, 0.5) is 0 Å². The van der Waals surface area contributed by atoms with E-state index in [1.165, 1.54) is 10.5 Å². The van der Waals surface area contributed by atoms with Crippen molar-refractivity contribution in [2.45, 2.75) is 18.7 Å². The minimum absolute atomic E-state index is 0.925. The number of allylic oxidation sites excluding steroid dienone is 1. The zero-order chi connectivity index (χ0) is 9.84. The van der Waals surface area contributed by atoms with Crippen molar-refractivity contribution in [1.29, 1.82) is 0 Å². The van der Waals surface area contributed by atoms with Crippen molar-refractivity contribution in [2.75, 3.05) is 0 Å². The number of terminal acetylenes is 1. The van der Waals surface area contributed by atoms with Gasteiger partial charge in [0.1, 0.15) is 0 Å². The minimum Gasteiger partial charge on any atom is -0.115 e. The van der Waals surface area contributed by atoms with E-state index in [2.05, 4.69) is 19.4 Å². The lowest BCUT2D eigenvalue weighted by molar-refractivity contribution is 1.29. The molecule has 0 bridgehead atoms. The predicted molar refractivity (Wildman–Crippen MR) is 59.8 cm³/mol. The predicted octanol–water partition coefficient (Wildman–Crippen LogP) is 3.60. The Hall–Kier alpha value is -1.13. The number of aryl methyl sites for hydroxylation is 1. The molecule has 13 heavy (non-hydrogen) atoms. The second-order valence-corrected chi connectivity index (χ2v) is 4.27. The van der Waals surface area contributed by atoms with Gasteiger partial charge in [-0.05, 0) is 36.4 Å². The van der Waals surface area contributed by atoms with Gasteiger partial charge in [-0.15, -0.1) is 6.42 Å². The second kappa shape index (κ2) is 4.20. The fourth-order valence-electron chi connectivity index (χ4n) is 0.988. The average Bonchev–Trinajstić information content (AvgIpc) is 2.08. The van der Waals surface area contributed by atoms with Crippen molar-refractivity contribution >= 4 is 11.8 Å². The summed E-state index contributed by atoms with van der Waals surface area (Å²) < 4.78 is 0. The molecule has 0 aliphatic carbocycles. The minimum atomic E-state index is 0.925. The van der Waals surface area contributed by atoms with E-state index in [1.54, 1.807) is 11.8 Å². The topological polar surface area (TPSA) is 0 Å². The molecule has 0 aromatic heterocycles. The van der Waals surface area contributed by atoms with Gasteiger partial charge in [0.2, 0.25) is 0 Å². The molecule has 0 nitrogen and oxygen atoms in total. The number of hydrogen-bond donors (Lipinski definition) is 0. The Labute approximate surface area is 84.1 Å². The smallest absolute Gasteiger partial charge is 0.0254 e. The third kappa shape index (κ3) is 2.68. The van der Waals surface area contributed by atoms with E-state index in [0.717, 1.165) is 10.5 Å². The molecule has 66 valence electrons. The van der Waals surface area contributed by atoms with Crippen molar-refractivity contribution < 1.29 is 0 Å². The van der Waals surface area contributed by atoms with E-state index >= 15 is 0 Å². The van der Waals surface area contributed by atoms with Gasteiger partial charge in [0, 0.05) is 10.5 Å². The van der Waals surface area contributed by atoms with Crippen LogP contribution in [0.1, 0.15) is 18.1 Å². The summed E-state index contributed by atoms with van der Waals surface area (Å²) in [5.41, 5.74) is 2.17. The maximum atomic E-state index is 5.32. The highest BCUT2D eigenvalue weighted by Crippen LogP contribution is 2.28. The van der Waals surface area contributed by atoms with Gasteiger partial charge in [0.25, 0.3) is 0 Å². The van der Waals surface area contributed by atoms with Crippen LogP contribution in [0.25, 0.3) is 0 Å². The van der Waals surface area contributed by atoms with Gasteiger partial charge in [-0.2, -0.15) is 0 Å². The summed E-state index contributed by atoms with van der Waals surface area (Å²) in [5, 5.41) is 0. The number of rotatable bonds is 2. The molecular weight excluding hydrogens is 176 g/mol. The number of thioether (sulfide) groups is 1. The third-order valence-electron chi connectivity index (χ3n) is 1.64. The molecule has 0 atom stereocenters. The first-order valence-electron chi connectivity index (χ1n) is 4.04. The van der Waals surface area contributed by atoms with Gasteiger partial charge in [0.15, 0.2) is 0 Å². The molecular formula is C12H12S. The highest BCUT2D eigenvalue weighted by atomic mass is 32.2. The zero-order valence-electron chi connectivity index (χ0n) is 7.92. The Bertz CT molecular complexity index is 369. The van der Waals surface area contributed by atoms with Crippen molar-refractivity contribution in [2.24, 2.45) is 0 Å². The molecule has 0 unspecified atom stereocenters. The second-order valence-electron chi connectivity index (χ2n) is 2.93. The van der Waals surface area contributed by atoms with E-state index < -0.39 is 0 Å². The van der Waals surface area contributed by atoms with E-state index in [-0.39, 0.29) is 0 Å². The highest BCUT2D eigenvalue weighted by molar-refractivity contribution is 8.03. The average molecular weight is 188 g/mol. The molecule has 1 heteroatoms. The summed E-state index contributed by atoms with van der Waals surface area (Å²) in [6, 6.07) is 6.02. The van der Waals surface area contributed by atoms with Gasteiger partial charge in [-0.3, -0.25) is 0 Å². The molecule has 1 rings (SSSR count). The van der Waals surface area contributed by atoms with Crippen LogP contribution < -0.4 is 0 Å². The number of hydrogen-bond acceptors (Lipinski definition) is 1. The Morgan fingerprint density at radius 1 is 1.54 bits per heavy atom. The monoisotopic (exact) mass is 188 g/mol. The molecule has 0 fully saturated rings. The maximum Gasteiger partial charge on any atom is 0.0254 e. The fraction of sp³-hybridized carbons (Fsp3) is 0.167. The van der Waals surface area contributed by atoms with E-state index in [0.29, 0.717) is 0 Å². The molecule has 0 aliphatic heterocycles. The van der Waals surface area contributed by atoms with Crippen LogP contribution in [-0.2, 0) is 0 Å². The van der Waals surface area contributed by atoms with Crippen molar-refractivity contribution in [3.8, 4) is 12.3 Å². The molecule has 0 saturated heterocycles. The maximum absolute atomic E-state index is 5.32. The standard InChI is InChI=1S/C12H12S/c1-5-11-7-6-10(4)12(8-11)13-9(2)3/h1,6-8H,2H2,3-4H3. The van der Waals surface area contributed by atoms with Gasteiger partial charge in [0.05, 0.1) is 0 Å². The zero-order valence-corrected chi connectivity index (χ0v) is 8.74. The summed E-state index contributed by atoms with van der Waals surface area (Å²) in [6.07, 6.45) is 5.32. The molecule has 0 amide bonds. The Kier molecular flexibility index (Phi) is 3.22. The summed E-state index contributed by atoms with van der Waals surface area (Å²) in [4.78, 5) is 2.28. The number of benzene rings is 1. The summed E-state index contributed by atoms with van der Waals surface area (Å²) in [7, 11) is 0. The van der Waals surface area contributed by atoms with Crippen LogP contribution in [-0.4, -0.2) is 0 Å². The van der Waals surface area contributed by atoms with Crippen LogP contribution in [0.15, 0.2) is 34.6 Å². The summed E-state index contributed by atoms with van der Waals surface area (Å²) in [6.45, 7) is 7.93. The first kappa shape index (κ1) is 9.95. The molecule has 0 heterocycles. The van der Waals surface area contributed by atoms with Crippen LogP contribution in [0.5, 0.6) is 0 Å². The first-order chi connectivity index (χ1) is 6.13. The summed E-state index contributed by atoms with van der Waals surface area (Å²) >= 11 is 1.66. The Balaban J connectivity index is 3.05. The molecule has 0 spiro atoms. The van der Waals surface area contributed by atoms with Crippen molar-refractivity contribution in [3.05, 3.63) is 40.8 Å². The lowest BCUT2D eigenvalue weighted by Crippen LogP contribution is -1.81. The van der Waals surface area contributed by atoms with E-state index in [1.807, 2.05) is 25.1 Å². The quantitative estimate of drug-likeness (QED) is 0.505. The SMILES string of the molecule is C#Cc1ccc(C)c(SC(=C)C)c1. The van der Waals surface area contributed by atoms with Gasteiger partial charge < -0.3 is 0 Å². The molecule has 1 aromatic carbocycles. The van der Waals surface area contributed by atoms with Crippen molar-refractivity contribution in [1.82, 2.24) is 0 Å². The molecule has 1 aromatic rings. The summed E-state index contributed by atoms with van der Waals surface area (Å²) in [5.74, 6) is 2.62. The van der Waals surface area contributed by atoms with Gasteiger partial charge in [-0.25, -0.2) is 0 Å². The van der Waals surface area contributed by atoms with Crippen LogP contribution >= 0.6 is 11.8 Å². The van der Waals surface area contributed by atoms with Crippen LogP contribution in [0.2, 0.25) is 0 Å². The Morgan fingerprint density at radius 2 is 2.23 bits per heavy atom. The third-order valence-corrected chi connectivity index (χ3v) is 2.65.